The largest absolute Gasteiger partial charge is 0.497 e. The number of rotatable bonds is 3. The number of methoxy groups -OCH3 is 1. The first-order valence-corrected chi connectivity index (χ1v) is 4.61. The molecular formula is C11H13FO3. The van der Waals surface area contributed by atoms with Crippen molar-refractivity contribution in [3.05, 3.63) is 29.1 Å². The number of carbonyl (C=O) groups is 1. The van der Waals surface area contributed by atoms with Crippen LogP contribution < -0.4 is 4.74 Å². The van der Waals surface area contributed by atoms with E-state index in [-0.39, 0.29) is 12.2 Å². The molecule has 0 radical (unpaired) electrons. The zero-order valence-electron chi connectivity index (χ0n) is 8.96. The molecule has 0 aromatic heterocycles. The Morgan fingerprint density at radius 3 is 2.67 bits per heavy atom. The smallest absolute Gasteiger partial charge is 0.341 e. The molecule has 0 heterocycles. The van der Waals surface area contributed by atoms with Crippen molar-refractivity contribution in [1.82, 2.24) is 0 Å². The summed E-state index contributed by atoms with van der Waals surface area (Å²) < 4.78 is 23.2. The maximum atomic E-state index is 13.5. The predicted octanol–water partition coefficient (Wildman–Crippen LogP) is 2.32. The molecule has 3 nitrogen and oxygen atoms in total. The fraction of sp³-hybridized carbons (Fsp3) is 0.364. The molecular weight excluding hydrogens is 199 g/mol. The minimum Gasteiger partial charge on any atom is -0.497 e. The monoisotopic (exact) mass is 212 g/mol. The summed E-state index contributed by atoms with van der Waals surface area (Å²) in [7, 11) is 1.46. The van der Waals surface area contributed by atoms with Crippen LogP contribution in [0.4, 0.5) is 4.39 Å². The van der Waals surface area contributed by atoms with Crippen molar-refractivity contribution in [3.63, 3.8) is 0 Å². The second kappa shape index (κ2) is 4.77. The molecule has 1 aromatic carbocycles. The molecule has 0 aliphatic carbocycles. The van der Waals surface area contributed by atoms with Crippen molar-refractivity contribution in [2.24, 2.45) is 0 Å². The Morgan fingerprint density at radius 2 is 2.13 bits per heavy atom. The van der Waals surface area contributed by atoms with Crippen molar-refractivity contribution in [1.29, 1.82) is 0 Å². The van der Waals surface area contributed by atoms with Crippen molar-refractivity contribution < 1.29 is 18.7 Å². The van der Waals surface area contributed by atoms with E-state index in [1.165, 1.54) is 19.2 Å². The lowest BCUT2D eigenvalue weighted by Gasteiger charge is -2.08. The molecule has 0 aliphatic heterocycles. The second-order valence-electron chi connectivity index (χ2n) is 3.03. The van der Waals surface area contributed by atoms with Crippen LogP contribution in [0.25, 0.3) is 0 Å². The lowest BCUT2D eigenvalue weighted by molar-refractivity contribution is 0.0520. The molecule has 0 aliphatic rings. The number of hydrogen-bond acceptors (Lipinski definition) is 3. The zero-order chi connectivity index (χ0) is 11.4. The third kappa shape index (κ3) is 2.46. The lowest BCUT2D eigenvalue weighted by Crippen LogP contribution is -2.08. The summed E-state index contributed by atoms with van der Waals surface area (Å²) in [5.74, 6) is -0.789. The number of halogens is 1. The Bertz CT molecular complexity index is 374. The zero-order valence-corrected chi connectivity index (χ0v) is 8.96. The van der Waals surface area contributed by atoms with Crippen LogP contribution in [0.15, 0.2) is 12.1 Å². The topological polar surface area (TPSA) is 35.5 Å². The standard InChI is InChI=1S/C11H13FO3/c1-4-15-11(13)9-6-8(14-3)5-7(2)10(9)12/h5-6H,4H2,1-3H3. The molecule has 0 saturated heterocycles. The highest BCUT2D eigenvalue weighted by atomic mass is 19.1. The Labute approximate surface area is 87.8 Å². The van der Waals surface area contributed by atoms with Crippen LogP contribution in [0.3, 0.4) is 0 Å². The number of benzene rings is 1. The molecule has 0 N–H and O–H groups in total. The molecule has 0 saturated carbocycles. The highest BCUT2D eigenvalue weighted by Crippen LogP contribution is 2.21. The maximum Gasteiger partial charge on any atom is 0.341 e. The van der Waals surface area contributed by atoms with E-state index in [1.807, 2.05) is 0 Å². The molecule has 0 amide bonds. The van der Waals surface area contributed by atoms with Gasteiger partial charge in [0.05, 0.1) is 19.3 Å². The van der Waals surface area contributed by atoms with Crippen LogP contribution in [-0.4, -0.2) is 19.7 Å². The van der Waals surface area contributed by atoms with Crippen LogP contribution in [0.1, 0.15) is 22.8 Å². The average molecular weight is 212 g/mol. The predicted molar refractivity (Wildman–Crippen MR) is 53.6 cm³/mol. The molecule has 1 aromatic rings. The summed E-state index contributed by atoms with van der Waals surface area (Å²) >= 11 is 0. The normalized spacial score (nSPS) is 9.87. The van der Waals surface area contributed by atoms with Crippen molar-refractivity contribution in [3.8, 4) is 5.75 Å². The van der Waals surface area contributed by atoms with Gasteiger partial charge in [0.25, 0.3) is 0 Å². The second-order valence-corrected chi connectivity index (χ2v) is 3.03. The Balaban J connectivity index is 3.15. The minimum atomic E-state index is -0.669. The molecule has 0 unspecified atom stereocenters. The van der Waals surface area contributed by atoms with E-state index in [4.69, 9.17) is 9.47 Å². The van der Waals surface area contributed by atoms with Gasteiger partial charge in [0.1, 0.15) is 11.6 Å². The van der Waals surface area contributed by atoms with Gasteiger partial charge in [-0.3, -0.25) is 0 Å². The Kier molecular flexibility index (Phi) is 3.66. The van der Waals surface area contributed by atoms with E-state index < -0.39 is 11.8 Å². The molecule has 4 heteroatoms. The SMILES string of the molecule is CCOC(=O)c1cc(OC)cc(C)c1F. The van der Waals surface area contributed by atoms with E-state index in [1.54, 1.807) is 13.8 Å². The first-order chi connectivity index (χ1) is 7.10. The summed E-state index contributed by atoms with van der Waals surface area (Å²) in [6.07, 6.45) is 0. The number of esters is 1. The van der Waals surface area contributed by atoms with Crippen LogP contribution in [0.5, 0.6) is 5.75 Å². The molecule has 0 spiro atoms. The van der Waals surface area contributed by atoms with E-state index in [0.717, 1.165) is 0 Å². The van der Waals surface area contributed by atoms with Crippen LogP contribution >= 0.6 is 0 Å². The fourth-order valence-corrected chi connectivity index (χ4v) is 1.21. The third-order valence-corrected chi connectivity index (χ3v) is 1.96. The maximum absolute atomic E-state index is 13.5. The highest BCUT2D eigenvalue weighted by Gasteiger charge is 2.16. The minimum absolute atomic E-state index is 0.0892. The number of ether oxygens (including phenoxy) is 2. The van der Waals surface area contributed by atoms with E-state index in [9.17, 15) is 9.18 Å². The van der Waals surface area contributed by atoms with Crippen LogP contribution in [0, 0.1) is 12.7 Å². The van der Waals surface area contributed by atoms with Crippen LogP contribution in [0.2, 0.25) is 0 Å². The van der Waals surface area contributed by atoms with Gasteiger partial charge in [-0.2, -0.15) is 0 Å². The number of carbonyl (C=O) groups excluding carboxylic acids is 1. The van der Waals surface area contributed by atoms with E-state index >= 15 is 0 Å². The van der Waals surface area contributed by atoms with Gasteiger partial charge in [0, 0.05) is 0 Å². The lowest BCUT2D eigenvalue weighted by atomic mass is 10.1. The van der Waals surface area contributed by atoms with Gasteiger partial charge in [-0.1, -0.05) is 0 Å². The van der Waals surface area contributed by atoms with Crippen molar-refractivity contribution in [2.45, 2.75) is 13.8 Å². The van der Waals surface area contributed by atoms with E-state index in [2.05, 4.69) is 0 Å². The van der Waals surface area contributed by atoms with Gasteiger partial charge in [0.15, 0.2) is 0 Å². The first kappa shape index (κ1) is 11.5. The Hall–Kier alpha value is -1.58. The Morgan fingerprint density at radius 1 is 1.47 bits per heavy atom. The fourth-order valence-electron chi connectivity index (χ4n) is 1.21. The van der Waals surface area contributed by atoms with Gasteiger partial charge in [-0.25, -0.2) is 9.18 Å². The van der Waals surface area contributed by atoms with Gasteiger partial charge in [0.2, 0.25) is 0 Å². The molecule has 0 fully saturated rings. The molecule has 0 atom stereocenters. The highest BCUT2D eigenvalue weighted by molar-refractivity contribution is 5.90. The first-order valence-electron chi connectivity index (χ1n) is 4.61. The van der Waals surface area contributed by atoms with Crippen molar-refractivity contribution >= 4 is 5.97 Å². The summed E-state index contributed by atoms with van der Waals surface area (Å²) in [4.78, 5) is 11.4. The van der Waals surface area contributed by atoms with E-state index in [0.29, 0.717) is 11.3 Å². The molecule has 15 heavy (non-hydrogen) atoms. The van der Waals surface area contributed by atoms with Crippen LogP contribution in [-0.2, 0) is 4.74 Å². The summed E-state index contributed by atoms with van der Waals surface area (Å²) in [6, 6.07) is 2.86. The van der Waals surface area contributed by atoms with Crippen molar-refractivity contribution in [2.75, 3.05) is 13.7 Å². The quantitative estimate of drug-likeness (QED) is 0.721. The number of aryl methyl sites for hydroxylation is 1. The molecule has 1 rings (SSSR count). The number of hydrogen-bond donors (Lipinski definition) is 0. The van der Waals surface area contributed by atoms with Gasteiger partial charge in [-0.05, 0) is 31.5 Å². The summed E-state index contributed by atoms with van der Waals surface area (Å²) in [5, 5.41) is 0. The third-order valence-electron chi connectivity index (χ3n) is 1.96. The van der Waals surface area contributed by atoms with Gasteiger partial charge >= 0.3 is 5.97 Å². The summed E-state index contributed by atoms with van der Waals surface area (Å²) in [5.41, 5.74) is 0.270. The molecule has 82 valence electrons. The average Bonchev–Trinajstić information content (AvgIpc) is 2.22. The van der Waals surface area contributed by atoms with Gasteiger partial charge < -0.3 is 9.47 Å². The summed E-state index contributed by atoms with van der Waals surface area (Å²) in [6.45, 7) is 3.46. The van der Waals surface area contributed by atoms with Gasteiger partial charge in [-0.15, -0.1) is 0 Å². The molecule has 0 bridgehead atoms.